The molecule has 0 bridgehead atoms. The third-order valence-electron chi connectivity index (χ3n) is 3.40. The molecule has 6 nitrogen and oxygen atoms in total. The van der Waals surface area contributed by atoms with Crippen LogP contribution in [0, 0.1) is 0 Å². The minimum absolute atomic E-state index is 0.0691. The van der Waals surface area contributed by atoms with Gasteiger partial charge in [0.25, 0.3) is 5.91 Å². The van der Waals surface area contributed by atoms with E-state index in [1.54, 1.807) is 24.3 Å². The maximum Gasteiger partial charge on any atom is 0.307 e. The van der Waals surface area contributed by atoms with Crippen molar-refractivity contribution in [3.63, 3.8) is 0 Å². The van der Waals surface area contributed by atoms with Crippen molar-refractivity contribution < 1.29 is 24.2 Å². The first kappa shape index (κ1) is 19.3. The lowest BCUT2D eigenvalue weighted by Crippen LogP contribution is -2.45. The van der Waals surface area contributed by atoms with Crippen molar-refractivity contribution in [2.45, 2.75) is 25.8 Å². The molecule has 0 saturated carbocycles. The third kappa shape index (κ3) is 6.46. The summed E-state index contributed by atoms with van der Waals surface area (Å²) in [7, 11) is 1.29. The number of carbonyl (C=O) groups is 2. The van der Waals surface area contributed by atoms with Crippen LogP contribution in [0.5, 0.6) is 5.75 Å². The van der Waals surface area contributed by atoms with Crippen LogP contribution in [0.25, 0.3) is 0 Å². The highest BCUT2D eigenvalue weighted by Crippen LogP contribution is 2.16. The number of aliphatic hydroxyl groups excluding tert-OH is 1. The highest BCUT2D eigenvalue weighted by molar-refractivity contribution is 6.30. The standard InChI is InChI=1S/C16H22ClNO5/c1-3-13(10-19)18(9-8-16(21)22-2)15(20)11-23-14-6-4-12(17)5-7-14/h4-7,13,19H,3,8-11H2,1-2H3. The number of methoxy groups -OCH3 is 1. The zero-order valence-corrected chi connectivity index (χ0v) is 14.1. The van der Waals surface area contributed by atoms with E-state index in [1.807, 2.05) is 6.92 Å². The van der Waals surface area contributed by atoms with Crippen molar-refractivity contribution in [3.8, 4) is 5.75 Å². The van der Waals surface area contributed by atoms with Gasteiger partial charge in [0.2, 0.25) is 0 Å². The van der Waals surface area contributed by atoms with Crippen molar-refractivity contribution in [2.75, 3.05) is 26.9 Å². The van der Waals surface area contributed by atoms with Crippen LogP contribution in [0.1, 0.15) is 19.8 Å². The summed E-state index contributed by atoms with van der Waals surface area (Å²) in [5, 5.41) is 10.00. The van der Waals surface area contributed by atoms with Gasteiger partial charge in [0.15, 0.2) is 6.61 Å². The van der Waals surface area contributed by atoms with E-state index in [2.05, 4.69) is 4.74 Å². The fraction of sp³-hybridized carbons (Fsp3) is 0.500. The molecule has 0 aliphatic rings. The van der Waals surface area contributed by atoms with Crippen molar-refractivity contribution in [3.05, 3.63) is 29.3 Å². The van der Waals surface area contributed by atoms with E-state index >= 15 is 0 Å². The Morgan fingerprint density at radius 1 is 1.30 bits per heavy atom. The predicted octanol–water partition coefficient (Wildman–Crippen LogP) is 1.88. The normalized spacial score (nSPS) is 11.7. The van der Waals surface area contributed by atoms with E-state index in [1.165, 1.54) is 12.0 Å². The highest BCUT2D eigenvalue weighted by Gasteiger charge is 2.23. The molecule has 0 saturated heterocycles. The van der Waals surface area contributed by atoms with Gasteiger partial charge in [-0.1, -0.05) is 18.5 Å². The highest BCUT2D eigenvalue weighted by atomic mass is 35.5. The Kier molecular flexibility index (Phi) is 8.43. The molecule has 1 rings (SSSR count). The Morgan fingerprint density at radius 3 is 2.48 bits per heavy atom. The van der Waals surface area contributed by atoms with E-state index < -0.39 is 5.97 Å². The largest absolute Gasteiger partial charge is 0.484 e. The average molecular weight is 344 g/mol. The first-order chi connectivity index (χ1) is 11.0. The smallest absolute Gasteiger partial charge is 0.307 e. The van der Waals surface area contributed by atoms with E-state index in [9.17, 15) is 14.7 Å². The fourth-order valence-corrected chi connectivity index (χ4v) is 2.16. The second kappa shape index (κ2) is 10.1. The molecule has 0 aliphatic carbocycles. The lowest BCUT2D eigenvalue weighted by Gasteiger charge is -2.29. The van der Waals surface area contributed by atoms with Crippen molar-refractivity contribution in [2.24, 2.45) is 0 Å². The molecule has 1 N–H and O–H groups in total. The molecular weight excluding hydrogens is 322 g/mol. The summed E-state index contributed by atoms with van der Waals surface area (Å²) < 4.78 is 10.0. The molecule has 128 valence electrons. The van der Waals surface area contributed by atoms with Gasteiger partial charge in [-0.2, -0.15) is 0 Å². The van der Waals surface area contributed by atoms with Gasteiger partial charge in [-0.15, -0.1) is 0 Å². The van der Waals surface area contributed by atoms with E-state index in [0.717, 1.165) is 0 Å². The quantitative estimate of drug-likeness (QED) is 0.693. The van der Waals surface area contributed by atoms with Crippen LogP contribution in [-0.4, -0.2) is 54.8 Å². The SMILES string of the molecule is CCC(CO)N(CCC(=O)OC)C(=O)COc1ccc(Cl)cc1. The molecule has 0 aromatic heterocycles. The summed E-state index contributed by atoms with van der Waals surface area (Å²) in [5.74, 6) is -0.188. The number of aliphatic hydroxyl groups is 1. The molecule has 0 aliphatic heterocycles. The van der Waals surface area contributed by atoms with Gasteiger partial charge >= 0.3 is 5.97 Å². The van der Waals surface area contributed by atoms with Gasteiger partial charge in [-0.25, -0.2) is 0 Å². The molecule has 0 spiro atoms. The summed E-state index contributed by atoms with van der Waals surface area (Å²) in [6.45, 7) is 1.68. The number of benzene rings is 1. The van der Waals surface area contributed by atoms with Crippen LogP contribution in [0.2, 0.25) is 5.02 Å². The van der Waals surface area contributed by atoms with E-state index in [0.29, 0.717) is 17.2 Å². The lowest BCUT2D eigenvalue weighted by atomic mass is 10.2. The first-order valence-corrected chi connectivity index (χ1v) is 7.75. The second-order valence-corrected chi connectivity index (χ2v) is 5.34. The van der Waals surface area contributed by atoms with Crippen LogP contribution >= 0.6 is 11.6 Å². The molecular formula is C16H22ClNO5. The summed E-state index contributed by atoms with van der Waals surface area (Å²) in [4.78, 5) is 25.1. The lowest BCUT2D eigenvalue weighted by molar-refractivity contribution is -0.143. The van der Waals surface area contributed by atoms with Crippen LogP contribution in [0.3, 0.4) is 0 Å². The Morgan fingerprint density at radius 2 is 1.96 bits per heavy atom. The van der Waals surface area contributed by atoms with Crippen LogP contribution < -0.4 is 4.74 Å². The number of nitrogens with zero attached hydrogens (tertiary/aromatic N) is 1. The Labute approximate surface area is 140 Å². The minimum atomic E-state index is -0.408. The summed E-state index contributed by atoms with van der Waals surface area (Å²) >= 11 is 5.79. The molecule has 1 amide bonds. The molecule has 0 fully saturated rings. The Hall–Kier alpha value is -1.79. The van der Waals surface area contributed by atoms with E-state index in [4.69, 9.17) is 16.3 Å². The number of carbonyl (C=O) groups excluding carboxylic acids is 2. The van der Waals surface area contributed by atoms with E-state index in [-0.39, 0.29) is 38.1 Å². The zero-order valence-electron chi connectivity index (χ0n) is 13.3. The number of rotatable bonds is 9. The number of halogens is 1. The number of hydrogen-bond acceptors (Lipinski definition) is 5. The Bertz CT molecular complexity index is 502. The molecule has 1 aromatic rings. The third-order valence-corrected chi connectivity index (χ3v) is 3.66. The monoisotopic (exact) mass is 343 g/mol. The number of amides is 1. The molecule has 0 radical (unpaired) electrons. The molecule has 1 aromatic carbocycles. The number of hydrogen-bond donors (Lipinski definition) is 1. The van der Waals surface area contributed by atoms with Crippen LogP contribution in [0.15, 0.2) is 24.3 Å². The topological polar surface area (TPSA) is 76.1 Å². The van der Waals surface area contributed by atoms with Gasteiger partial charge in [0, 0.05) is 11.6 Å². The molecule has 7 heteroatoms. The summed E-state index contributed by atoms with van der Waals surface area (Å²) in [6.07, 6.45) is 0.643. The van der Waals surface area contributed by atoms with Crippen molar-refractivity contribution in [1.29, 1.82) is 0 Å². The molecule has 1 atom stereocenters. The molecule has 23 heavy (non-hydrogen) atoms. The van der Waals surface area contributed by atoms with Gasteiger partial charge in [-0.3, -0.25) is 9.59 Å². The zero-order chi connectivity index (χ0) is 17.2. The first-order valence-electron chi connectivity index (χ1n) is 7.37. The second-order valence-electron chi connectivity index (χ2n) is 4.90. The van der Waals surface area contributed by atoms with Gasteiger partial charge in [0.1, 0.15) is 5.75 Å². The predicted molar refractivity (Wildman–Crippen MR) is 86.5 cm³/mol. The van der Waals surface area contributed by atoms with Crippen LogP contribution in [-0.2, 0) is 14.3 Å². The van der Waals surface area contributed by atoms with Crippen molar-refractivity contribution >= 4 is 23.5 Å². The van der Waals surface area contributed by atoms with Crippen molar-refractivity contribution in [1.82, 2.24) is 4.90 Å². The Balaban J connectivity index is 2.65. The average Bonchev–Trinajstić information content (AvgIpc) is 2.57. The van der Waals surface area contributed by atoms with Gasteiger partial charge in [0.05, 0.1) is 26.2 Å². The fourth-order valence-electron chi connectivity index (χ4n) is 2.03. The van der Waals surface area contributed by atoms with Gasteiger partial charge < -0.3 is 19.5 Å². The molecule has 1 unspecified atom stereocenters. The minimum Gasteiger partial charge on any atom is -0.484 e. The maximum atomic E-state index is 12.4. The molecule has 0 heterocycles. The number of esters is 1. The van der Waals surface area contributed by atoms with Gasteiger partial charge in [-0.05, 0) is 30.7 Å². The number of ether oxygens (including phenoxy) is 2. The summed E-state index contributed by atoms with van der Waals surface area (Å²) in [6, 6.07) is 6.30. The van der Waals surface area contributed by atoms with Crippen LogP contribution in [0.4, 0.5) is 0 Å². The summed E-state index contributed by atoms with van der Waals surface area (Å²) in [5.41, 5.74) is 0. The maximum absolute atomic E-state index is 12.4.